The lowest BCUT2D eigenvalue weighted by Crippen LogP contribution is -2.08. The molecule has 0 amide bonds. The van der Waals surface area contributed by atoms with Gasteiger partial charge in [0.15, 0.2) is 11.5 Å². The number of halogens is 4. The van der Waals surface area contributed by atoms with Crippen molar-refractivity contribution in [3.63, 3.8) is 0 Å². The minimum Gasteiger partial charge on any atom is -0.382 e. The quantitative estimate of drug-likeness (QED) is 0.388. The predicted octanol–water partition coefficient (Wildman–Crippen LogP) is 2.97. The van der Waals surface area contributed by atoms with Crippen LogP contribution in [-0.2, 0) is 12.6 Å². The van der Waals surface area contributed by atoms with Crippen LogP contribution >= 0.6 is 0 Å². The zero-order valence-electron chi connectivity index (χ0n) is 17.4. The summed E-state index contributed by atoms with van der Waals surface area (Å²) in [6.07, 6.45) is -0.525. The number of rotatable bonds is 4. The molecule has 0 aliphatic carbocycles. The average molecular weight is 480 g/mol. The summed E-state index contributed by atoms with van der Waals surface area (Å²) < 4.78 is 55.5. The lowest BCUT2D eigenvalue weighted by molar-refractivity contribution is -0.141. The number of nitrogens with two attached hydrogens (primary N) is 1. The standard InChI is InChI=1S/C21H12F4N10/c22-13-3-1-2-4-15(13)34-9-11(32-33-34)5-16-12(6-26)18(19-20(27)30-10-31-35(16)19)14-7-29-17(8-28-14)21(23,24)25/h1-4,7-10H,5H2,(H2,27,30,31). The Labute approximate surface area is 193 Å². The third-order valence-corrected chi connectivity index (χ3v) is 5.15. The van der Waals surface area contributed by atoms with Crippen LogP contribution in [0.4, 0.5) is 23.4 Å². The number of nitrogen functional groups attached to an aromatic ring is 1. The first-order chi connectivity index (χ1) is 16.8. The van der Waals surface area contributed by atoms with Crippen LogP contribution in [0, 0.1) is 17.1 Å². The first kappa shape index (κ1) is 21.9. The monoisotopic (exact) mass is 480 g/mol. The summed E-state index contributed by atoms with van der Waals surface area (Å²) in [4.78, 5) is 11.2. The van der Waals surface area contributed by atoms with E-state index in [-0.39, 0.29) is 40.3 Å². The molecule has 14 heteroatoms. The summed E-state index contributed by atoms with van der Waals surface area (Å²) in [5, 5.41) is 22.1. The Bertz CT molecular complexity index is 1600. The van der Waals surface area contributed by atoms with E-state index in [1.165, 1.54) is 33.9 Å². The number of alkyl halides is 3. The van der Waals surface area contributed by atoms with E-state index in [4.69, 9.17) is 5.73 Å². The van der Waals surface area contributed by atoms with Gasteiger partial charge in [0, 0.05) is 6.42 Å². The molecular formula is C21H12F4N10. The minimum absolute atomic E-state index is 0.0169. The Morgan fingerprint density at radius 2 is 1.89 bits per heavy atom. The van der Waals surface area contributed by atoms with E-state index >= 15 is 0 Å². The normalized spacial score (nSPS) is 11.6. The highest BCUT2D eigenvalue weighted by atomic mass is 19.4. The van der Waals surface area contributed by atoms with Gasteiger partial charge in [0.2, 0.25) is 0 Å². The van der Waals surface area contributed by atoms with Crippen molar-refractivity contribution in [2.75, 3.05) is 5.73 Å². The van der Waals surface area contributed by atoms with Gasteiger partial charge in [-0.3, -0.25) is 4.98 Å². The number of anilines is 1. The summed E-state index contributed by atoms with van der Waals surface area (Å²) in [5.74, 6) is -0.520. The molecule has 35 heavy (non-hydrogen) atoms. The minimum atomic E-state index is -4.68. The van der Waals surface area contributed by atoms with Gasteiger partial charge in [0.05, 0.1) is 46.8 Å². The SMILES string of the molecule is N#Cc1c(-c2cnc(C(F)(F)F)cn2)c2c(N)ncnn2c1Cc1cn(-c2ccccc2F)nn1. The number of fused-ring (bicyclic) bond motifs is 1. The second kappa shape index (κ2) is 8.13. The first-order valence-electron chi connectivity index (χ1n) is 9.87. The van der Waals surface area contributed by atoms with Crippen LogP contribution in [-0.4, -0.2) is 39.6 Å². The maximum Gasteiger partial charge on any atom is 0.434 e. The number of aromatic nitrogens is 8. The van der Waals surface area contributed by atoms with Crippen LogP contribution in [0.3, 0.4) is 0 Å². The van der Waals surface area contributed by atoms with E-state index < -0.39 is 17.7 Å². The molecule has 2 N–H and O–H groups in total. The molecule has 4 heterocycles. The molecule has 174 valence electrons. The number of hydrogen-bond donors (Lipinski definition) is 1. The van der Waals surface area contributed by atoms with Gasteiger partial charge in [0.25, 0.3) is 0 Å². The van der Waals surface area contributed by atoms with E-state index in [2.05, 4.69) is 30.4 Å². The van der Waals surface area contributed by atoms with Crippen molar-refractivity contribution in [2.45, 2.75) is 12.6 Å². The molecule has 0 aliphatic rings. The maximum absolute atomic E-state index is 14.1. The molecule has 0 bridgehead atoms. The van der Waals surface area contributed by atoms with Crippen molar-refractivity contribution in [3.8, 4) is 23.0 Å². The topological polar surface area (TPSA) is 136 Å². The van der Waals surface area contributed by atoms with Crippen LogP contribution in [0.25, 0.3) is 22.5 Å². The average Bonchev–Trinajstić information content (AvgIpc) is 3.42. The molecule has 0 unspecified atom stereocenters. The van der Waals surface area contributed by atoms with Crippen molar-refractivity contribution >= 4 is 11.3 Å². The van der Waals surface area contributed by atoms with Gasteiger partial charge in [-0.25, -0.2) is 23.6 Å². The lowest BCUT2D eigenvalue weighted by atomic mass is 10.1. The molecule has 0 fully saturated rings. The molecule has 0 saturated heterocycles. The molecular weight excluding hydrogens is 468 g/mol. The molecule has 4 aromatic heterocycles. The first-order valence-corrected chi connectivity index (χ1v) is 9.87. The number of benzene rings is 1. The third-order valence-electron chi connectivity index (χ3n) is 5.15. The van der Waals surface area contributed by atoms with Gasteiger partial charge >= 0.3 is 6.18 Å². The highest BCUT2D eigenvalue weighted by Crippen LogP contribution is 2.35. The van der Waals surface area contributed by atoms with Gasteiger partial charge in [-0.2, -0.15) is 23.5 Å². The molecule has 0 saturated carbocycles. The number of hydrogen-bond acceptors (Lipinski definition) is 8. The van der Waals surface area contributed by atoms with Gasteiger partial charge in [-0.15, -0.1) is 5.10 Å². The number of para-hydroxylation sites is 1. The van der Waals surface area contributed by atoms with Crippen molar-refractivity contribution in [2.24, 2.45) is 0 Å². The molecule has 5 aromatic rings. The molecule has 0 aliphatic heterocycles. The fourth-order valence-corrected chi connectivity index (χ4v) is 3.62. The van der Waals surface area contributed by atoms with E-state index in [0.717, 1.165) is 6.20 Å². The van der Waals surface area contributed by atoms with Gasteiger partial charge in [0.1, 0.15) is 29.4 Å². The second-order valence-electron chi connectivity index (χ2n) is 7.28. The van der Waals surface area contributed by atoms with Crippen LogP contribution in [0.15, 0.2) is 49.2 Å². The summed E-state index contributed by atoms with van der Waals surface area (Å²) >= 11 is 0. The van der Waals surface area contributed by atoms with Crippen LogP contribution in [0.5, 0.6) is 0 Å². The van der Waals surface area contributed by atoms with Crippen LogP contribution in [0.2, 0.25) is 0 Å². The number of nitrogens with zero attached hydrogens (tertiary/aromatic N) is 9. The predicted molar refractivity (Wildman–Crippen MR) is 112 cm³/mol. The highest BCUT2D eigenvalue weighted by molar-refractivity contribution is 5.91. The van der Waals surface area contributed by atoms with Crippen molar-refractivity contribution in [1.82, 2.24) is 39.6 Å². The van der Waals surface area contributed by atoms with E-state index in [1.807, 2.05) is 6.07 Å². The molecule has 0 radical (unpaired) electrons. The molecule has 0 atom stereocenters. The maximum atomic E-state index is 14.1. The summed E-state index contributed by atoms with van der Waals surface area (Å²) in [7, 11) is 0. The molecule has 1 aromatic carbocycles. The Kier molecular flexibility index (Phi) is 5.09. The molecule has 10 nitrogen and oxygen atoms in total. The zero-order valence-corrected chi connectivity index (χ0v) is 17.4. The van der Waals surface area contributed by atoms with Crippen LogP contribution < -0.4 is 5.73 Å². The third kappa shape index (κ3) is 3.78. The van der Waals surface area contributed by atoms with Crippen molar-refractivity contribution < 1.29 is 17.6 Å². The zero-order chi connectivity index (χ0) is 24.7. The smallest absolute Gasteiger partial charge is 0.382 e. The largest absolute Gasteiger partial charge is 0.434 e. The van der Waals surface area contributed by atoms with Crippen molar-refractivity contribution in [3.05, 3.63) is 77.6 Å². The Hall–Kier alpha value is -4.93. The van der Waals surface area contributed by atoms with Crippen LogP contribution in [0.1, 0.15) is 22.6 Å². The summed E-state index contributed by atoms with van der Waals surface area (Å²) in [6, 6.07) is 8.03. The van der Waals surface area contributed by atoms with E-state index in [1.54, 1.807) is 12.1 Å². The second-order valence-corrected chi connectivity index (χ2v) is 7.28. The van der Waals surface area contributed by atoms with E-state index in [9.17, 15) is 22.8 Å². The molecule has 0 spiro atoms. The Balaban J connectivity index is 1.64. The van der Waals surface area contributed by atoms with Gasteiger partial charge in [-0.1, -0.05) is 17.3 Å². The lowest BCUT2D eigenvalue weighted by Gasteiger charge is -2.06. The van der Waals surface area contributed by atoms with Gasteiger partial charge < -0.3 is 5.73 Å². The highest BCUT2D eigenvalue weighted by Gasteiger charge is 2.33. The van der Waals surface area contributed by atoms with Crippen molar-refractivity contribution in [1.29, 1.82) is 5.26 Å². The fourth-order valence-electron chi connectivity index (χ4n) is 3.62. The van der Waals surface area contributed by atoms with E-state index in [0.29, 0.717) is 17.6 Å². The fraction of sp³-hybridized carbons (Fsp3) is 0.0952. The molecule has 5 rings (SSSR count). The summed E-state index contributed by atoms with van der Waals surface area (Å²) in [6.45, 7) is 0. The summed E-state index contributed by atoms with van der Waals surface area (Å²) in [5.41, 5.74) is 6.05. The Morgan fingerprint density at radius 3 is 2.57 bits per heavy atom. The number of nitriles is 1. The Morgan fingerprint density at radius 1 is 1.09 bits per heavy atom. The van der Waals surface area contributed by atoms with Gasteiger partial charge in [-0.05, 0) is 12.1 Å².